The van der Waals surface area contributed by atoms with Gasteiger partial charge < -0.3 is 4.74 Å². The molecule has 92 valence electrons. The first-order valence-corrected chi connectivity index (χ1v) is 5.94. The Morgan fingerprint density at radius 3 is 2.37 bits per heavy atom. The molecule has 0 saturated heterocycles. The van der Waals surface area contributed by atoms with Crippen LogP contribution in [0.4, 0.5) is 0 Å². The minimum Gasteiger partial charge on any atom is -0.456 e. The third kappa shape index (κ3) is 3.25. The predicted octanol–water partition coefficient (Wildman–Crippen LogP) is 4.07. The van der Waals surface area contributed by atoms with Crippen molar-refractivity contribution in [1.29, 1.82) is 10.5 Å². The van der Waals surface area contributed by atoms with E-state index in [1.165, 1.54) is 0 Å². The van der Waals surface area contributed by atoms with Crippen molar-refractivity contribution in [3.63, 3.8) is 0 Å². The maximum Gasteiger partial charge on any atom is 0.146 e. The first-order valence-electron chi connectivity index (χ1n) is 5.56. The molecule has 0 spiro atoms. The molecule has 0 aliphatic carbocycles. The van der Waals surface area contributed by atoms with Gasteiger partial charge >= 0.3 is 0 Å². The zero-order valence-electron chi connectivity index (χ0n) is 9.93. The SMILES string of the molecule is N#CCc1ccc(Oc2ccc(C#N)cc2Cl)cc1. The summed E-state index contributed by atoms with van der Waals surface area (Å²) >= 11 is 6.02. The van der Waals surface area contributed by atoms with Gasteiger partial charge in [-0.1, -0.05) is 23.7 Å². The molecule has 0 saturated carbocycles. The van der Waals surface area contributed by atoms with Gasteiger partial charge in [-0.05, 0) is 35.9 Å². The average Bonchev–Trinajstić information content (AvgIpc) is 2.43. The second-order valence-electron chi connectivity index (χ2n) is 3.84. The average molecular weight is 269 g/mol. The lowest BCUT2D eigenvalue weighted by molar-refractivity contribution is 0.482. The molecular formula is C15H9ClN2O. The molecule has 2 rings (SSSR count). The lowest BCUT2D eigenvalue weighted by Crippen LogP contribution is -1.87. The Morgan fingerprint density at radius 1 is 1.05 bits per heavy atom. The molecule has 0 atom stereocenters. The van der Waals surface area contributed by atoms with E-state index in [4.69, 9.17) is 26.9 Å². The molecule has 0 unspecified atom stereocenters. The number of nitrogens with zero attached hydrogens (tertiary/aromatic N) is 2. The van der Waals surface area contributed by atoms with Gasteiger partial charge in [0.1, 0.15) is 11.5 Å². The first kappa shape index (κ1) is 13.0. The second kappa shape index (κ2) is 5.91. The summed E-state index contributed by atoms with van der Waals surface area (Å²) in [6.45, 7) is 0. The smallest absolute Gasteiger partial charge is 0.146 e. The Morgan fingerprint density at radius 2 is 1.79 bits per heavy atom. The van der Waals surface area contributed by atoms with Gasteiger partial charge in [-0.15, -0.1) is 0 Å². The Balaban J connectivity index is 2.17. The van der Waals surface area contributed by atoms with E-state index in [-0.39, 0.29) is 0 Å². The molecule has 0 radical (unpaired) electrons. The number of hydrogen-bond acceptors (Lipinski definition) is 3. The molecule has 0 heterocycles. The van der Waals surface area contributed by atoms with Crippen LogP contribution in [0.25, 0.3) is 0 Å². The Hall–Kier alpha value is -2.49. The summed E-state index contributed by atoms with van der Waals surface area (Å²) in [4.78, 5) is 0. The summed E-state index contributed by atoms with van der Waals surface area (Å²) in [6, 6.07) is 16.2. The maximum absolute atomic E-state index is 8.75. The van der Waals surface area contributed by atoms with Crippen molar-refractivity contribution in [2.75, 3.05) is 0 Å². The lowest BCUT2D eigenvalue weighted by Gasteiger charge is -2.08. The normalized spacial score (nSPS) is 9.42. The highest BCUT2D eigenvalue weighted by Gasteiger charge is 2.04. The monoisotopic (exact) mass is 268 g/mol. The van der Waals surface area contributed by atoms with Crippen molar-refractivity contribution in [3.8, 4) is 23.6 Å². The van der Waals surface area contributed by atoms with E-state index in [1.54, 1.807) is 30.3 Å². The number of ether oxygens (including phenoxy) is 1. The second-order valence-corrected chi connectivity index (χ2v) is 4.25. The molecule has 0 bridgehead atoms. The number of nitriles is 2. The van der Waals surface area contributed by atoms with Crippen molar-refractivity contribution in [2.45, 2.75) is 6.42 Å². The van der Waals surface area contributed by atoms with E-state index >= 15 is 0 Å². The van der Waals surface area contributed by atoms with Crippen molar-refractivity contribution >= 4 is 11.6 Å². The Labute approximate surface area is 116 Å². The summed E-state index contributed by atoms with van der Waals surface area (Å²) in [5, 5.41) is 17.7. The minimum atomic E-state index is 0.373. The van der Waals surface area contributed by atoms with Crippen LogP contribution in [-0.2, 0) is 6.42 Å². The number of halogens is 1. The fourth-order valence-corrected chi connectivity index (χ4v) is 1.77. The molecule has 2 aromatic rings. The highest BCUT2D eigenvalue weighted by Crippen LogP contribution is 2.30. The fraction of sp³-hybridized carbons (Fsp3) is 0.0667. The molecule has 3 nitrogen and oxygen atoms in total. The quantitative estimate of drug-likeness (QED) is 0.843. The zero-order valence-corrected chi connectivity index (χ0v) is 10.7. The van der Waals surface area contributed by atoms with Crippen LogP contribution in [0.3, 0.4) is 0 Å². The third-order valence-electron chi connectivity index (χ3n) is 2.50. The lowest BCUT2D eigenvalue weighted by atomic mass is 10.2. The molecule has 0 aromatic heterocycles. The summed E-state index contributed by atoms with van der Waals surface area (Å²) in [6.07, 6.45) is 0.373. The van der Waals surface area contributed by atoms with Gasteiger partial charge in [0.15, 0.2) is 0 Å². The molecule has 2 aromatic carbocycles. The topological polar surface area (TPSA) is 56.8 Å². The molecule has 0 aliphatic rings. The van der Waals surface area contributed by atoms with Gasteiger partial charge in [-0.3, -0.25) is 0 Å². The molecule has 0 amide bonds. The Bertz CT molecular complexity index is 666. The van der Waals surface area contributed by atoms with Crippen LogP contribution < -0.4 is 4.74 Å². The largest absolute Gasteiger partial charge is 0.456 e. The van der Waals surface area contributed by atoms with E-state index < -0.39 is 0 Å². The molecule has 0 N–H and O–H groups in total. The van der Waals surface area contributed by atoms with Gasteiger partial charge in [-0.25, -0.2) is 0 Å². The van der Waals surface area contributed by atoms with Crippen LogP contribution in [0, 0.1) is 22.7 Å². The molecule has 19 heavy (non-hydrogen) atoms. The van der Waals surface area contributed by atoms with Gasteiger partial charge in [0, 0.05) is 0 Å². The van der Waals surface area contributed by atoms with Gasteiger partial charge in [0.2, 0.25) is 0 Å². The van der Waals surface area contributed by atoms with Crippen molar-refractivity contribution in [2.24, 2.45) is 0 Å². The van der Waals surface area contributed by atoms with Crippen molar-refractivity contribution < 1.29 is 4.74 Å². The number of benzene rings is 2. The maximum atomic E-state index is 8.75. The van der Waals surface area contributed by atoms with Crippen molar-refractivity contribution in [3.05, 3.63) is 58.6 Å². The highest BCUT2D eigenvalue weighted by atomic mass is 35.5. The summed E-state index contributed by atoms with van der Waals surface area (Å²) in [5.41, 5.74) is 1.42. The first-order chi connectivity index (χ1) is 9.22. The molecular weight excluding hydrogens is 260 g/mol. The van der Waals surface area contributed by atoms with E-state index in [0.717, 1.165) is 5.56 Å². The molecule has 0 aliphatic heterocycles. The van der Waals surface area contributed by atoms with Gasteiger partial charge in [-0.2, -0.15) is 10.5 Å². The minimum absolute atomic E-state index is 0.373. The number of rotatable bonds is 3. The van der Waals surface area contributed by atoms with Crippen LogP contribution in [-0.4, -0.2) is 0 Å². The molecule has 4 heteroatoms. The Kier molecular flexibility index (Phi) is 4.03. The molecule has 0 fully saturated rings. The van der Waals surface area contributed by atoms with Crippen LogP contribution >= 0.6 is 11.6 Å². The van der Waals surface area contributed by atoms with Crippen LogP contribution in [0.2, 0.25) is 5.02 Å². The van der Waals surface area contributed by atoms with Crippen molar-refractivity contribution in [1.82, 2.24) is 0 Å². The predicted molar refractivity (Wildman–Crippen MR) is 72.0 cm³/mol. The van der Waals surface area contributed by atoms with E-state index in [9.17, 15) is 0 Å². The zero-order chi connectivity index (χ0) is 13.7. The van der Waals surface area contributed by atoms with Gasteiger partial charge in [0.25, 0.3) is 0 Å². The standard InChI is InChI=1S/C15H9ClN2O/c16-14-9-12(10-18)3-6-15(14)19-13-4-1-11(2-5-13)7-8-17/h1-6,9H,7H2. The van der Waals surface area contributed by atoms with E-state index in [1.807, 2.05) is 18.2 Å². The van der Waals surface area contributed by atoms with E-state index in [0.29, 0.717) is 28.5 Å². The van der Waals surface area contributed by atoms with Crippen LogP contribution in [0.15, 0.2) is 42.5 Å². The fourth-order valence-electron chi connectivity index (χ4n) is 1.55. The summed E-state index contributed by atoms with van der Waals surface area (Å²) in [7, 11) is 0. The van der Waals surface area contributed by atoms with Crippen LogP contribution in [0.5, 0.6) is 11.5 Å². The van der Waals surface area contributed by atoms with Gasteiger partial charge in [0.05, 0.1) is 29.1 Å². The third-order valence-corrected chi connectivity index (χ3v) is 2.79. The van der Waals surface area contributed by atoms with E-state index in [2.05, 4.69) is 6.07 Å². The number of hydrogen-bond donors (Lipinski definition) is 0. The summed E-state index contributed by atoms with van der Waals surface area (Å²) < 4.78 is 5.62. The van der Waals surface area contributed by atoms with Crippen LogP contribution in [0.1, 0.15) is 11.1 Å². The highest BCUT2D eigenvalue weighted by molar-refractivity contribution is 6.32. The summed E-state index contributed by atoms with van der Waals surface area (Å²) in [5.74, 6) is 1.13.